The summed E-state index contributed by atoms with van der Waals surface area (Å²) in [5.41, 5.74) is 0. The highest BCUT2D eigenvalue weighted by molar-refractivity contribution is 7.50. The van der Waals surface area contributed by atoms with Crippen LogP contribution in [0.2, 0.25) is 0 Å². The van der Waals surface area contributed by atoms with E-state index in [2.05, 4.69) is 10.7 Å². The molecule has 6 atom stereocenters. The van der Waals surface area contributed by atoms with Crippen LogP contribution >= 0.6 is 8.30 Å². The van der Waals surface area contributed by atoms with Gasteiger partial charge in [-0.05, 0) is 27.7 Å². The lowest BCUT2D eigenvalue weighted by Crippen LogP contribution is -2.62. The van der Waals surface area contributed by atoms with Crippen molar-refractivity contribution >= 4 is 26.2 Å². The SMILES string of the molecule is CO[C@@H]1OC(COP(CCC#N)N(C(C)C)C(C)C)[C@H](OC(C)=O)C(OC(C)=O)C1OC(C)=O. The zero-order chi connectivity index (χ0) is 26.0. The molecule has 11 nitrogen and oxygen atoms in total. The molecule has 0 aliphatic carbocycles. The fourth-order valence-electron chi connectivity index (χ4n) is 3.84. The summed E-state index contributed by atoms with van der Waals surface area (Å²) in [4.78, 5) is 35.4. The van der Waals surface area contributed by atoms with Crippen molar-refractivity contribution in [3.05, 3.63) is 0 Å². The number of rotatable bonds is 12. The van der Waals surface area contributed by atoms with Gasteiger partial charge >= 0.3 is 17.9 Å². The maximum Gasteiger partial charge on any atom is 0.303 e. The second-order valence-corrected chi connectivity index (χ2v) is 10.2. The predicted molar refractivity (Wildman–Crippen MR) is 122 cm³/mol. The molecule has 0 spiro atoms. The van der Waals surface area contributed by atoms with Crippen LogP contribution < -0.4 is 0 Å². The van der Waals surface area contributed by atoms with Crippen LogP contribution in [0.5, 0.6) is 0 Å². The molecule has 1 rings (SSSR count). The highest BCUT2D eigenvalue weighted by atomic mass is 31.2. The zero-order valence-electron chi connectivity index (χ0n) is 21.2. The maximum absolute atomic E-state index is 11.9. The van der Waals surface area contributed by atoms with E-state index in [4.69, 9.17) is 33.5 Å². The van der Waals surface area contributed by atoms with Crippen molar-refractivity contribution in [2.24, 2.45) is 0 Å². The summed E-state index contributed by atoms with van der Waals surface area (Å²) < 4.78 is 36.0. The van der Waals surface area contributed by atoms with Gasteiger partial charge in [-0.2, -0.15) is 5.26 Å². The van der Waals surface area contributed by atoms with E-state index in [1.807, 2.05) is 27.7 Å². The van der Waals surface area contributed by atoms with Crippen LogP contribution in [0.15, 0.2) is 0 Å². The van der Waals surface area contributed by atoms with Crippen molar-refractivity contribution in [2.45, 2.75) is 97.7 Å². The van der Waals surface area contributed by atoms with Gasteiger partial charge in [0.1, 0.15) is 14.4 Å². The molecule has 12 heteroatoms. The lowest BCUT2D eigenvalue weighted by molar-refractivity contribution is -0.301. The minimum Gasteiger partial charge on any atom is -0.456 e. The van der Waals surface area contributed by atoms with Gasteiger partial charge in [0.25, 0.3) is 0 Å². The third-order valence-electron chi connectivity index (χ3n) is 4.85. The van der Waals surface area contributed by atoms with Gasteiger partial charge in [0, 0.05) is 52.5 Å². The van der Waals surface area contributed by atoms with Crippen LogP contribution in [0.1, 0.15) is 54.9 Å². The molecule has 0 aromatic carbocycles. The van der Waals surface area contributed by atoms with Crippen LogP contribution in [0, 0.1) is 11.3 Å². The average molecular weight is 505 g/mol. The standard InChI is InChI=1S/C22H37N2O9P/c1-13(2)24(14(3)4)34(11-9-10-23)29-12-18-19(30-15(5)25)20(31-16(6)26)21(32-17(7)27)22(28-8)33-18/h13-14,18-22H,9,11-12H2,1-8H3/t18?,19-,20?,21?,22+,34?/m0/s1. The molecular formula is C22H37N2O9P. The Morgan fingerprint density at radius 1 is 0.941 bits per heavy atom. The van der Waals surface area contributed by atoms with Crippen LogP contribution in [0.25, 0.3) is 0 Å². The fraction of sp³-hybridized carbons (Fsp3) is 0.818. The molecule has 1 heterocycles. The summed E-state index contributed by atoms with van der Waals surface area (Å²) >= 11 is 0. The van der Waals surface area contributed by atoms with E-state index in [0.29, 0.717) is 12.6 Å². The monoisotopic (exact) mass is 504 g/mol. The summed E-state index contributed by atoms with van der Waals surface area (Å²) in [7, 11) is 0.165. The van der Waals surface area contributed by atoms with Gasteiger partial charge < -0.3 is 28.2 Å². The summed E-state index contributed by atoms with van der Waals surface area (Å²) in [6.45, 7) is 11.8. The van der Waals surface area contributed by atoms with Crippen molar-refractivity contribution in [2.75, 3.05) is 19.9 Å². The quantitative estimate of drug-likeness (QED) is 0.220. The minimum absolute atomic E-state index is 0.0323. The van der Waals surface area contributed by atoms with E-state index >= 15 is 0 Å². The van der Waals surface area contributed by atoms with E-state index in [1.165, 1.54) is 27.9 Å². The van der Waals surface area contributed by atoms with Crippen LogP contribution in [-0.2, 0) is 42.6 Å². The largest absolute Gasteiger partial charge is 0.456 e. The smallest absolute Gasteiger partial charge is 0.303 e. The van der Waals surface area contributed by atoms with Gasteiger partial charge in [-0.1, -0.05) is 0 Å². The fourth-order valence-corrected chi connectivity index (χ4v) is 5.98. The van der Waals surface area contributed by atoms with E-state index < -0.39 is 56.9 Å². The number of nitriles is 1. The average Bonchev–Trinajstić information content (AvgIpc) is 2.71. The molecule has 34 heavy (non-hydrogen) atoms. The van der Waals surface area contributed by atoms with Gasteiger partial charge in [0.2, 0.25) is 0 Å². The Bertz CT molecular complexity index is 720. The molecule has 1 saturated heterocycles. The molecule has 0 aromatic rings. The Labute approximate surface area is 202 Å². The predicted octanol–water partition coefficient (Wildman–Crippen LogP) is 2.51. The first-order valence-corrected chi connectivity index (χ1v) is 12.6. The molecule has 4 unspecified atom stereocenters. The third-order valence-corrected chi connectivity index (χ3v) is 7.34. The molecule has 0 N–H and O–H groups in total. The highest BCUT2D eigenvalue weighted by Gasteiger charge is 2.52. The van der Waals surface area contributed by atoms with Crippen molar-refractivity contribution in [3.63, 3.8) is 0 Å². The number of carbonyl (C=O) groups excluding carboxylic acids is 3. The number of hydrogen-bond donors (Lipinski definition) is 0. The number of ether oxygens (including phenoxy) is 5. The Kier molecular flexibility index (Phi) is 12.9. The Morgan fingerprint density at radius 3 is 1.88 bits per heavy atom. The van der Waals surface area contributed by atoms with E-state index in [1.54, 1.807) is 0 Å². The number of hydrogen-bond acceptors (Lipinski definition) is 11. The topological polar surface area (TPSA) is 134 Å². The van der Waals surface area contributed by atoms with Gasteiger partial charge in [-0.25, -0.2) is 0 Å². The van der Waals surface area contributed by atoms with Gasteiger partial charge in [0.05, 0.1) is 12.7 Å². The Morgan fingerprint density at radius 2 is 1.44 bits per heavy atom. The van der Waals surface area contributed by atoms with Crippen LogP contribution in [0.3, 0.4) is 0 Å². The Hall–Kier alpha value is -1.83. The first-order chi connectivity index (χ1) is 15.9. The van der Waals surface area contributed by atoms with Gasteiger partial charge in [-0.3, -0.25) is 19.1 Å². The molecule has 0 saturated carbocycles. The lowest BCUT2D eigenvalue weighted by atomic mass is 9.98. The summed E-state index contributed by atoms with van der Waals surface area (Å²) in [5.74, 6) is -1.93. The van der Waals surface area contributed by atoms with E-state index in [-0.39, 0.29) is 18.7 Å². The molecule has 1 fully saturated rings. The normalized spacial score (nSPS) is 25.6. The van der Waals surface area contributed by atoms with Crippen LogP contribution in [0.4, 0.5) is 0 Å². The molecule has 0 amide bonds. The van der Waals surface area contributed by atoms with E-state index in [0.717, 1.165) is 0 Å². The van der Waals surface area contributed by atoms with Gasteiger partial charge in [-0.15, -0.1) is 0 Å². The third kappa shape index (κ3) is 9.08. The minimum atomic E-state index is -1.19. The first-order valence-electron chi connectivity index (χ1n) is 11.2. The lowest BCUT2D eigenvalue weighted by Gasteiger charge is -2.44. The van der Waals surface area contributed by atoms with Crippen molar-refractivity contribution in [1.29, 1.82) is 5.26 Å². The molecule has 1 aliphatic heterocycles. The molecule has 194 valence electrons. The van der Waals surface area contributed by atoms with Gasteiger partial charge in [0.15, 0.2) is 24.6 Å². The molecule has 1 aliphatic rings. The number of methoxy groups -OCH3 is 1. The summed E-state index contributed by atoms with van der Waals surface area (Å²) in [6, 6.07) is 2.48. The maximum atomic E-state index is 11.9. The molecular weight excluding hydrogens is 467 g/mol. The molecule has 0 bridgehead atoms. The second-order valence-electron chi connectivity index (χ2n) is 8.35. The van der Waals surface area contributed by atoms with E-state index in [9.17, 15) is 14.4 Å². The Balaban J connectivity index is 3.27. The zero-order valence-corrected chi connectivity index (χ0v) is 22.1. The number of carbonyl (C=O) groups is 3. The number of nitrogens with zero attached hydrogens (tertiary/aromatic N) is 2. The summed E-state index contributed by atoms with van der Waals surface area (Å²) in [6.07, 6.45) is -4.60. The highest BCUT2D eigenvalue weighted by Crippen LogP contribution is 2.46. The van der Waals surface area contributed by atoms with Crippen molar-refractivity contribution in [1.82, 2.24) is 4.67 Å². The van der Waals surface area contributed by atoms with Crippen LogP contribution in [-0.4, -0.2) is 85.2 Å². The first kappa shape index (κ1) is 30.2. The summed E-state index contributed by atoms with van der Waals surface area (Å²) in [5, 5.41) is 9.12. The molecule has 0 aromatic heterocycles. The molecule has 0 radical (unpaired) electrons. The number of esters is 3. The van der Waals surface area contributed by atoms with Crippen molar-refractivity contribution < 1.29 is 42.6 Å². The second kappa shape index (κ2) is 14.5. The van der Waals surface area contributed by atoms with Crippen molar-refractivity contribution in [3.8, 4) is 6.07 Å².